The van der Waals surface area contributed by atoms with Gasteiger partial charge in [0.2, 0.25) is 0 Å². The smallest absolute Gasteiger partial charge is 0.0496 e. The molecule has 0 saturated carbocycles. The molecule has 0 aliphatic rings. The highest BCUT2D eigenvalue weighted by Gasteiger charge is 2.22. The number of benzene rings is 2. The van der Waals surface area contributed by atoms with E-state index in [0.29, 0.717) is 18.3 Å². The number of rotatable bonds is 6. The number of hydrogen-bond acceptors (Lipinski definition) is 2. The van der Waals surface area contributed by atoms with Crippen LogP contribution in [-0.4, -0.2) is 0 Å². The normalized spacial score (nSPS) is 12.1. The molecule has 2 rings (SSSR count). The molecule has 2 nitrogen and oxygen atoms in total. The molecule has 0 spiro atoms. The van der Waals surface area contributed by atoms with Crippen molar-refractivity contribution < 1.29 is 0 Å². The van der Waals surface area contributed by atoms with Gasteiger partial charge in [0.25, 0.3) is 0 Å². The van der Waals surface area contributed by atoms with E-state index in [1.165, 1.54) is 0 Å². The summed E-state index contributed by atoms with van der Waals surface area (Å²) in [5.41, 5.74) is 21.1. The van der Waals surface area contributed by atoms with Crippen molar-refractivity contribution in [2.24, 2.45) is 0 Å². The Labute approximate surface area is 187 Å². The van der Waals surface area contributed by atoms with Crippen molar-refractivity contribution in [3.05, 3.63) is 55.6 Å². The van der Waals surface area contributed by atoms with Crippen LogP contribution in [0.4, 0.5) is 11.4 Å². The maximum absolute atomic E-state index is 6.88. The van der Waals surface area contributed by atoms with Crippen LogP contribution >= 0.6 is 23.2 Å². The maximum atomic E-state index is 6.88. The number of nitrogens with two attached hydrogens (primary N) is 2. The molecule has 0 atom stereocenters. The number of hydrogen-bond donors (Lipinski definition) is 2. The van der Waals surface area contributed by atoms with Crippen molar-refractivity contribution in [3.63, 3.8) is 0 Å². The topological polar surface area (TPSA) is 52.0 Å². The highest BCUT2D eigenvalue weighted by atomic mass is 35.5. The molecule has 160 valence electrons. The molecule has 0 heterocycles. The molecule has 2 aromatic carbocycles. The van der Waals surface area contributed by atoms with E-state index in [9.17, 15) is 0 Å². The first-order chi connectivity index (χ1) is 13.4. The lowest BCUT2D eigenvalue weighted by molar-refractivity contribution is 0.829. The summed E-state index contributed by atoms with van der Waals surface area (Å²) < 4.78 is 0. The van der Waals surface area contributed by atoms with E-state index in [1.54, 1.807) is 0 Å². The summed E-state index contributed by atoms with van der Waals surface area (Å²) in [6, 6.07) is 4.32. The maximum Gasteiger partial charge on any atom is 0.0496 e. The van der Waals surface area contributed by atoms with Gasteiger partial charge in [-0.1, -0.05) is 90.7 Å². The summed E-state index contributed by atoms with van der Waals surface area (Å²) in [6.45, 7) is 17.2. The van der Waals surface area contributed by atoms with Crippen molar-refractivity contribution in [1.29, 1.82) is 0 Å². The van der Waals surface area contributed by atoms with Gasteiger partial charge in [-0.05, 0) is 57.1 Å². The summed E-state index contributed by atoms with van der Waals surface area (Å²) in [5, 5.41) is 1.51. The summed E-state index contributed by atoms with van der Waals surface area (Å²) in [4.78, 5) is 0. The molecule has 0 saturated heterocycles. The van der Waals surface area contributed by atoms with Crippen molar-refractivity contribution in [2.75, 3.05) is 11.5 Å². The average molecular weight is 435 g/mol. The van der Waals surface area contributed by atoms with Gasteiger partial charge in [-0.3, -0.25) is 0 Å². The lowest BCUT2D eigenvalue weighted by atomic mass is 9.86. The Morgan fingerprint density at radius 3 is 1.17 bits per heavy atom. The first-order valence-corrected chi connectivity index (χ1v) is 11.3. The molecule has 29 heavy (non-hydrogen) atoms. The fraction of sp³-hybridized carbons (Fsp3) is 0.520. The van der Waals surface area contributed by atoms with Crippen molar-refractivity contribution in [2.45, 2.75) is 85.5 Å². The van der Waals surface area contributed by atoms with E-state index >= 15 is 0 Å². The summed E-state index contributed by atoms with van der Waals surface area (Å²) in [5.74, 6) is 1.14. The van der Waals surface area contributed by atoms with Crippen LogP contribution in [0.2, 0.25) is 10.0 Å². The zero-order valence-corrected chi connectivity index (χ0v) is 20.6. The van der Waals surface area contributed by atoms with Crippen LogP contribution in [0.3, 0.4) is 0 Å². The Balaban J connectivity index is 2.74. The fourth-order valence-electron chi connectivity index (χ4n) is 4.10. The largest absolute Gasteiger partial charge is 0.398 e. The molecule has 4 heteroatoms. The van der Waals surface area contributed by atoms with E-state index < -0.39 is 0 Å². The predicted octanol–water partition coefficient (Wildman–Crippen LogP) is 8.24. The van der Waals surface area contributed by atoms with Gasteiger partial charge >= 0.3 is 0 Å². The molecule has 0 amide bonds. The van der Waals surface area contributed by atoms with Gasteiger partial charge in [0.05, 0.1) is 0 Å². The second kappa shape index (κ2) is 9.18. The fourth-order valence-corrected chi connectivity index (χ4v) is 4.98. The number of nitrogen functional groups attached to an aromatic ring is 2. The van der Waals surface area contributed by atoms with Crippen LogP contribution in [0.25, 0.3) is 0 Å². The molecule has 0 aliphatic heterocycles. The first kappa shape index (κ1) is 23.9. The predicted molar refractivity (Wildman–Crippen MR) is 131 cm³/mol. The van der Waals surface area contributed by atoms with E-state index in [0.717, 1.165) is 54.8 Å². The summed E-state index contributed by atoms with van der Waals surface area (Å²) >= 11 is 13.8. The number of anilines is 2. The van der Waals surface area contributed by atoms with Crippen LogP contribution in [0.15, 0.2) is 12.1 Å². The molecule has 0 fully saturated rings. The lowest BCUT2D eigenvalue weighted by Gasteiger charge is -2.24. The molecule has 0 aliphatic carbocycles. The van der Waals surface area contributed by atoms with Gasteiger partial charge in [-0.2, -0.15) is 0 Å². The first-order valence-electron chi connectivity index (χ1n) is 10.6. The van der Waals surface area contributed by atoms with Gasteiger partial charge in [0.1, 0.15) is 0 Å². The van der Waals surface area contributed by atoms with Crippen LogP contribution < -0.4 is 11.5 Å². The Hall–Kier alpha value is -1.38. The molecular formula is C25H36Cl2N2. The van der Waals surface area contributed by atoms with Crippen molar-refractivity contribution in [3.8, 4) is 0 Å². The van der Waals surface area contributed by atoms with Crippen molar-refractivity contribution in [1.82, 2.24) is 0 Å². The molecule has 2 aromatic rings. The van der Waals surface area contributed by atoms with Gasteiger partial charge in [-0.25, -0.2) is 0 Å². The van der Waals surface area contributed by atoms with E-state index in [4.69, 9.17) is 34.7 Å². The van der Waals surface area contributed by atoms with Crippen LogP contribution in [-0.2, 0) is 6.42 Å². The molecule has 4 N–H and O–H groups in total. The van der Waals surface area contributed by atoms with Gasteiger partial charge in [-0.15, -0.1) is 0 Å². The van der Waals surface area contributed by atoms with Crippen LogP contribution in [0.1, 0.15) is 112 Å². The summed E-state index contributed by atoms with van der Waals surface area (Å²) in [7, 11) is 0. The standard InChI is InChI=1S/C25H36Cl2N2/c1-12(2)18-10-16(22(26)20(14(5)6)24(18)28)9-17-11-19(13(3)4)25(29)21(15(7)8)23(17)27/h10-15H,9,28-29H2,1-8H3. The highest BCUT2D eigenvalue weighted by Crippen LogP contribution is 2.42. The minimum absolute atomic E-state index is 0.249. The minimum Gasteiger partial charge on any atom is -0.398 e. The Bertz CT molecular complexity index is 823. The minimum atomic E-state index is 0.249. The van der Waals surface area contributed by atoms with Gasteiger partial charge in [0, 0.05) is 27.8 Å². The lowest BCUT2D eigenvalue weighted by Crippen LogP contribution is -2.09. The zero-order valence-electron chi connectivity index (χ0n) is 19.1. The Kier molecular flexibility index (Phi) is 7.57. The van der Waals surface area contributed by atoms with Gasteiger partial charge < -0.3 is 11.5 Å². The molecule has 0 unspecified atom stereocenters. The Morgan fingerprint density at radius 1 is 0.621 bits per heavy atom. The third kappa shape index (κ3) is 4.70. The van der Waals surface area contributed by atoms with E-state index in [-0.39, 0.29) is 11.8 Å². The molecule has 0 aromatic heterocycles. The zero-order chi connectivity index (χ0) is 22.2. The second-order valence-corrected chi connectivity index (χ2v) is 10.1. The van der Waals surface area contributed by atoms with Crippen molar-refractivity contribution >= 4 is 34.6 Å². The SMILES string of the molecule is CC(C)c1cc(Cc2cc(C(C)C)c(N)c(C(C)C)c2Cl)c(Cl)c(C(C)C)c1N. The second-order valence-electron chi connectivity index (χ2n) is 9.33. The monoisotopic (exact) mass is 434 g/mol. The van der Waals surface area contributed by atoms with Gasteiger partial charge in [0.15, 0.2) is 0 Å². The third-order valence-corrected chi connectivity index (χ3v) is 6.57. The molecule has 0 radical (unpaired) electrons. The number of halogens is 2. The quantitative estimate of drug-likeness (QED) is 0.449. The molecule has 0 bridgehead atoms. The third-order valence-electron chi connectivity index (χ3n) is 5.68. The Morgan fingerprint density at radius 2 is 0.931 bits per heavy atom. The van der Waals surface area contributed by atoms with Crippen LogP contribution in [0.5, 0.6) is 0 Å². The average Bonchev–Trinajstić information content (AvgIpc) is 2.58. The van der Waals surface area contributed by atoms with E-state index in [2.05, 4.69) is 67.5 Å². The molecular weight excluding hydrogens is 399 g/mol. The van der Waals surface area contributed by atoms with Crippen LogP contribution in [0, 0.1) is 0 Å². The van der Waals surface area contributed by atoms with E-state index in [1.807, 2.05) is 0 Å². The highest BCUT2D eigenvalue weighted by molar-refractivity contribution is 6.33. The summed E-state index contributed by atoms with van der Waals surface area (Å²) in [6.07, 6.45) is 0.664.